The molecule has 0 bridgehead atoms. The number of hydrogen-bond acceptors (Lipinski definition) is 6. The van der Waals surface area contributed by atoms with Crippen LogP contribution in [0.15, 0.2) is 72.1 Å². The SMILES string of the molecule is C=CCS(=O)(=O)C(c1ccccc1F)c1ccc(-c2ccoc2)c(OC)c1C(=O)OC. The van der Waals surface area contributed by atoms with E-state index in [4.69, 9.17) is 13.9 Å². The van der Waals surface area contributed by atoms with Crippen molar-refractivity contribution in [3.8, 4) is 16.9 Å². The zero-order valence-corrected chi connectivity index (χ0v) is 17.8. The van der Waals surface area contributed by atoms with E-state index in [1.165, 1.54) is 63.2 Å². The third-order valence-electron chi connectivity index (χ3n) is 4.80. The summed E-state index contributed by atoms with van der Waals surface area (Å²) in [7, 11) is -1.47. The van der Waals surface area contributed by atoms with Gasteiger partial charge in [0.05, 0.1) is 32.5 Å². The highest BCUT2D eigenvalue weighted by Crippen LogP contribution is 2.42. The smallest absolute Gasteiger partial charge is 0.342 e. The number of carbonyl (C=O) groups is 1. The largest absolute Gasteiger partial charge is 0.495 e. The summed E-state index contributed by atoms with van der Waals surface area (Å²) in [5, 5.41) is -1.48. The minimum Gasteiger partial charge on any atom is -0.495 e. The van der Waals surface area contributed by atoms with Crippen molar-refractivity contribution in [2.24, 2.45) is 0 Å². The molecule has 0 aliphatic heterocycles. The average Bonchev–Trinajstić information content (AvgIpc) is 3.28. The number of rotatable bonds is 8. The number of carbonyl (C=O) groups excluding carboxylic acids is 1. The Kier molecular flexibility index (Phi) is 6.60. The standard InChI is InChI=1S/C23H21FO6S/c1-4-13-31(26,27)22(17-7-5-6-8-19(17)24)18-10-9-16(15-11-12-30-14-15)21(28-2)20(18)23(25)29-3/h4-12,14,22H,1,13H2,2-3H3. The fraction of sp³-hybridized carbons (Fsp3) is 0.174. The maximum Gasteiger partial charge on any atom is 0.342 e. The van der Waals surface area contributed by atoms with Crippen LogP contribution < -0.4 is 4.74 Å². The highest BCUT2D eigenvalue weighted by Gasteiger charge is 2.36. The molecule has 0 saturated heterocycles. The number of methoxy groups -OCH3 is 2. The number of furan rings is 1. The van der Waals surface area contributed by atoms with Gasteiger partial charge in [0.1, 0.15) is 22.4 Å². The Morgan fingerprint density at radius 3 is 2.48 bits per heavy atom. The van der Waals surface area contributed by atoms with E-state index in [0.717, 1.165) is 0 Å². The van der Waals surface area contributed by atoms with Crippen molar-refractivity contribution >= 4 is 15.8 Å². The van der Waals surface area contributed by atoms with Crippen molar-refractivity contribution in [3.05, 3.63) is 90.2 Å². The number of halogens is 1. The van der Waals surface area contributed by atoms with Gasteiger partial charge in [-0.25, -0.2) is 17.6 Å². The molecule has 6 nitrogen and oxygen atoms in total. The monoisotopic (exact) mass is 444 g/mol. The van der Waals surface area contributed by atoms with Gasteiger partial charge in [0, 0.05) is 16.7 Å². The number of hydrogen-bond donors (Lipinski definition) is 0. The summed E-state index contributed by atoms with van der Waals surface area (Å²) in [6.07, 6.45) is 4.14. The van der Waals surface area contributed by atoms with Gasteiger partial charge in [-0.2, -0.15) is 0 Å². The second kappa shape index (κ2) is 9.18. The molecule has 0 aliphatic rings. The van der Waals surface area contributed by atoms with Crippen LogP contribution in [0.25, 0.3) is 11.1 Å². The second-order valence-corrected chi connectivity index (χ2v) is 8.76. The van der Waals surface area contributed by atoms with E-state index in [-0.39, 0.29) is 22.4 Å². The Morgan fingerprint density at radius 2 is 1.90 bits per heavy atom. The fourth-order valence-electron chi connectivity index (χ4n) is 3.49. The van der Waals surface area contributed by atoms with Gasteiger partial charge >= 0.3 is 5.97 Å². The molecule has 0 spiro atoms. The maximum atomic E-state index is 14.7. The lowest BCUT2D eigenvalue weighted by Gasteiger charge is -2.23. The second-order valence-electron chi connectivity index (χ2n) is 6.63. The summed E-state index contributed by atoms with van der Waals surface area (Å²) in [5.74, 6) is -1.85. The molecule has 0 N–H and O–H groups in total. The first-order valence-electron chi connectivity index (χ1n) is 9.24. The molecule has 0 saturated carbocycles. The lowest BCUT2D eigenvalue weighted by atomic mass is 9.94. The van der Waals surface area contributed by atoms with E-state index in [1.807, 2.05) is 0 Å². The molecule has 1 unspecified atom stereocenters. The number of esters is 1. The van der Waals surface area contributed by atoms with Gasteiger partial charge in [-0.3, -0.25) is 0 Å². The minimum atomic E-state index is -4.00. The molecule has 0 amide bonds. The topological polar surface area (TPSA) is 82.8 Å². The highest BCUT2D eigenvalue weighted by atomic mass is 32.2. The molecular weight excluding hydrogens is 423 g/mol. The van der Waals surface area contributed by atoms with Gasteiger partial charge in [0.2, 0.25) is 0 Å². The first-order chi connectivity index (χ1) is 14.9. The number of ether oxygens (including phenoxy) is 2. The minimum absolute atomic E-state index is 0.0443. The molecule has 8 heteroatoms. The van der Waals surface area contributed by atoms with Gasteiger partial charge in [-0.1, -0.05) is 36.4 Å². The van der Waals surface area contributed by atoms with E-state index in [2.05, 4.69) is 6.58 Å². The van der Waals surface area contributed by atoms with Crippen LogP contribution in [0.1, 0.15) is 26.7 Å². The molecular formula is C23H21FO6S. The quantitative estimate of drug-likeness (QED) is 0.374. The van der Waals surface area contributed by atoms with E-state index < -0.39 is 32.6 Å². The Morgan fingerprint density at radius 1 is 1.16 bits per heavy atom. The molecule has 0 radical (unpaired) electrons. The van der Waals surface area contributed by atoms with Crippen LogP contribution in [0, 0.1) is 5.82 Å². The van der Waals surface area contributed by atoms with E-state index >= 15 is 0 Å². The van der Waals surface area contributed by atoms with Crippen LogP contribution in [-0.2, 0) is 14.6 Å². The van der Waals surface area contributed by atoms with Crippen molar-refractivity contribution in [3.63, 3.8) is 0 Å². The van der Waals surface area contributed by atoms with Crippen LogP contribution in [0.5, 0.6) is 5.75 Å². The van der Waals surface area contributed by atoms with Crippen LogP contribution in [0.2, 0.25) is 0 Å². The van der Waals surface area contributed by atoms with E-state index in [9.17, 15) is 17.6 Å². The zero-order valence-electron chi connectivity index (χ0n) is 17.0. The zero-order chi connectivity index (χ0) is 22.6. The molecule has 162 valence electrons. The summed E-state index contributed by atoms with van der Waals surface area (Å²) < 4.78 is 56.7. The molecule has 0 fully saturated rings. The van der Waals surface area contributed by atoms with Crippen LogP contribution in [0.4, 0.5) is 4.39 Å². The van der Waals surface area contributed by atoms with E-state index in [1.54, 1.807) is 12.1 Å². The third kappa shape index (κ3) is 4.25. The van der Waals surface area contributed by atoms with Crippen LogP contribution in [-0.4, -0.2) is 34.4 Å². The Hall–Kier alpha value is -3.39. The van der Waals surface area contributed by atoms with Crippen molar-refractivity contribution in [2.45, 2.75) is 5.25 Å². The molecule has 1 aromatic heterocycles. The van der Waals surface area contributed by atoms with Gasteiger partial charge in [-0.15, -0.1) is 6.58 Å². The van der Waals surface area contributed by atoms with Crippen molar-refractivity contribution in [1.29, 1.82) is 0 Å². The summed E-state index contributed by atoms with van der Waals surface area (Å²) >= 11 is 0. The predicted octanol–water partition coefficient (Wildman–Crippen LogP) is 4.57. The summed E-state index contributed by atoms with van der Waals surface area (Å²) in [6.45, 7) is 3.49. The van der Waals surface area contributed by atoms with Crippen LogP contribution >= 0.6 is 0 Å². The van der Waals surface area contributed by atoms with Crippen molar-refractivity contribution in [1.82, 2.24) is 0 Å². The lowest BCUT2D eigenvalue weighted by molar-refractivity contribution is 0.0596. The third-order valence-corrected chi connectivity index (χ3v) is 6.72. The summed E-state index contributed by atoms with van der Waals surface area (Å²) in [5.41, 5.74) is 0.957. The molecule has 2 aromatic carbocycles. The lowest BCUT2D eigenvalue weighted by Crippen LogP contribution is -2.22. The van der Waals surface area contributed by atoms with Gasteiger partial charge in [-0.05, 0) is 17.7 Å². The molecule has 31 heavy (non-hydrogen) atoms. The van der Waals surface area contributed by atoms with Crippen molar-refractivity contribution in [2.75, 3.05) is 20.0 Å². The van der Waals surface area contributed by atoms with E-state index in [0.29, 0.717) is 11.1 Å². The van der Waals surface area contributed by atoms with Crippen LogP contribution in [0.3, 0.4) is 0 Å². The molecule has 0 aliphatic carbocycles. The number of benzene rings is 2. The molecule has 3 aromatic rings. The Balaban J connectivity index is 2.40. The Bertz CT molecular complexity index is 1200. The van der Waals surface area contributed by atoms with Gasteiger partial charge in [0.15, 0.2) is 9.84 Å². The highest BCUT2D eigenvalue weighted by molar-refractivity contribution is 7.92. The molecule has 3 rings (SSSR count). The first-order valence-corrected chi connectivity index (χ1v) is 11.0. The molecule has 1 heterocycles. The maximum absolute atomic E-state index is 14.7. The predicted molar refractivity (Wildman–Crippen MR) is 114 cm³/mol. The Labute approximate surface area is 179 Å². The van der Waals surface area contributed by atoms with Gasteiger partial charge < -0.3 is 13.9 Å². The van der Waals surface area contributed by atoms with Crippen molar-refractivity contribution < 1.29 is 31.5 Å². The fourth-order valence-corrected chi connectivity index (χ4v) is 5.17. The summed E-state index contributed by atoms with van der Waals surface area (Å²) in [6, 6.07) is 10.3. The normalized spacial score (nSPS) is 12.2. The average molecular weight is 444 g/mol. The first kappa shape index (κ1) is 22.3. The van der Waals surface area contributed by atoms with Gasteiger partial charge in [0.25, 0.3) is 0 Å². The summed E-state index contributed by atoms with van der Waals surface area (Å²) in [4.78, 5) is 12.8. The number of sulfone groups is 1. The molecule has 1 atom stereocenters.